The highest BCUT2D eigenvalue weighted by atomic mass is 19.1. The van der Waals surface area contributed by atoms with Crippen molar-refractivity contribution in [1.82, 2.24) is 5.32 Å². The highest BCUT2D eigenvalue weighted by Gasteiger charge is 2.56. The van der Waals surface area contributed by atoms with E-state index < -0.39 is 0 Å². The fraction of sp³-hybridized carbons (Fsp3) is 0.625. The Balaban J connectivity index is 1.63. The van der Waals surface area contributed by atoms with Gasteiger partial charge in [0.15, 0.2) is 0 Å². The highest BCUT2D eigenvalue weighted by Crippen LogP contribution is 2.54. The molecular formula is C16H22FNO. The molecule has 3 rings (SSSR count). The summed E-state index contributed by atoms with van der Waals surface area (Å²) in [5, 5.41) is 3.42. The molecule has 0 saturated heterocycles. The predicted octanol–water partition coefficient (Wildman–Crippen LogP) is 3.26. The lowest BCUT2D eigenvalue weighted by atomic mass is 9.60. The van der Waals surface area contributed by atoms with Gasteiger partial charge >= 0.3 is 0 Å². The van der Waals surface area contributed by atoms with Crippen LogP contribution in [0.5, 0.6) is 0 Å². The molecule has 2 unspecified atom stereocenters. The molecule has 104 valence electrons. The maximum Gasteiger partial charge on any atom is 0.128 e. The molecule has 1 aromatic rings. The zero-order chi connectivity index (χ0) is 13.3. The molecule has 0 amide bonds. The minimum Gasteiger partial charge on any atom is -0.373 e. The van der Waals surface area contributed by atoms with Gasteiger partial charge in [-0.05, 0) is 32.4 Å². The third-order valence-electron chi connectivity index (χ3n) is 5.07. The average Bonchev–Trinajstić information content (AvgIpc) is 2.92. The lowest BCUT2D eigenvalue weighted by Crippen LogP contribution is -2.61. The van der Waals surface area contributed by atoms with Gasteiger partial charge in [0.1, 0.15) is 5.82 Å². The van der Waals surface area contributed by atoms with Crippen molar-refractivity contribution in [1.29, 1.82) is 0 Å². The van der Waals surface area contributed by atoms with E-state index in [-0.39, 0.29) is 5.82 Å². The minimum atomic E-state index is -0.160. The van der Waals surface area contributed by atoms with Crippen molar-refractivity contribution >= 4 is 0 Å². The highest BCUT2D eigenvalue weighted by molar-refractivity contribution is 5.17. The van der Waals surface area contributed by atoms with E-state index in [2.05, 4.69) is 5.32 Å². The van der Waals surface area contributed by atoms with E-state index in [1.807, 2.05) is 19.2 Å². The van der Waals surface area contributed by atoms with Crippen LogP contribution >= 0.6 is 0 Å². The molecule has 3 heteroatoms. The normalized spacial score (nSPS) is 28.5. The van der Waals surface area contributed by atoms with E-state index in [1.54, 1.807) is 6.07 Å². The molecule has 0 heterocycles. The van der Waals surface area contributed by atoms with Gasteiger partial charge in [-0.3, -0.25) is 0 Å². The molecule has 2 atom stereocenters. The Hall–Kier alpha value is -0.930. The molecular weight excluding hydrogens is 241 g/mol. The molecule has 2 aliphatic carbocycles. The van der Waals surface area contributed by atoms with Crippen LogP contribution < -0.4 is 5.32 Å². The van der Waals surface area contributed by atoms with Gasteiger partial charge < -0.3 is 10.1 Å². The van der Waals surface area contributed by atoms with E-state index in [4.69, 9.17) is 4.74 Å². The van der Waals surface area contributed by atoms with Gasteiger partial charge in [-0.2, -0.15) is 0 Å². The smallest absolute Gasteiger partial charge is 0.128 e. The number of hydrogen-bond donors (Lipinski definition) is 1. The molecule has 0 radical (unpaired) electrons. The molecule has 1 aromatic carbocycles. The van der Waals surface area contributed by atoms with Gasteiger partial charge in [-0.25, -0.2) is 4.39 Å². The molecule has 2 saturated carbocycles. The molecule has 1 spiro atoms. The number of halogens is 1. The van der Waals surface area contributed by atoms with Gasteiger partial charge in [0.2, 0.25) is 0 Å². The fourth-order valence-electron chi connectivity index (χ4n) is 3.90. The summed E-state index contributed by atoms with van der Waals surface area (Å²) in [5.41, 5.74) is 0.989. The summed E-state index contributed by atoms with van der Waals surface area (Å²) in [7, 11) is 2.04. The van der Waals surface area contributed by atoms with E-state index in [0.717, 1.165) is 6.42 Å². The largest absolute Gasteiger partial charge is 0.373 e. The minimum absolute atomic E-state index is 0.160. The Morgan fingerprint density at radius 1 is 1.32 bits per heavy atom. The summed E-state index contributed by atoms with van der Waals surface area (Å²) >= 11 is 0. The lowest BCUT2D eigenvalue weighted by molar-refractivity contribution is -0.139. The number of ether oxygens (including phenoxy) is 1. The topological polar surface area (TPSA) is 21.3 Å². The second-order valence-electron chi connectivity index (χ2n) is 5.91. The first-order valence-electron chi connectivity index (χ1n) is 7.28. The van der Waals surface area contributed by atoms with Gasteiger partial charge in [-0.15, -0.1) is 0 Å². The van der Waals surface area contributed by atoms with Crippen molar-refractivity contribution in [3.63, 3.8) is 0 Å². The Labute approximate surface area is 114 Å². The fourth-order valence-corrected chi connectivity index (χ4v) is 3.90. The van der Waals surface area contributed by atoms with Crippen LogP contribution in [0.3, 0.4) is 0 Å². The maximum absolute atomic E-state index is 13.6. The predicted molar refractivity (Wildman–Crippen MR) is 73.3 cm³/mol. The molecule has 0 aliphatic heterocycles. The van der Waals surface area contributed by atoms with Gasteiger partial charge in [0.25, 0.3) is 0 Å². The quantitative estimate of drug-likeness (QED) is 0.900. The van der Waals surface area contributed by atoms with Gasteiger partial charge in [0.05, 0.1) is 12.7 Å². The maximum atomic E-state index is 13.6. The zero-order valence-corrected chi connectivity index (χ0v) is 11.5. The first-order chi connectivity index (χ1) is 9.26. The second kappa shape index (κ2) is 5.22. The van der Waals surface area contributed by atoms with E-state index >= 15 is 0 Å². The van der Waals surface area contributed by atoms with Crippen molar-refractivity contribution in [2.24, 2.45) is 5.41 Å². The van der Waals surface area contributed by atoms with Crippen molar-refractivity contribution in [2.45, 2.75) is 50.9 Å². The Kier molecular flexibility index (Phi) is 3.59. The molecule has 2 aliphatic rings. The SMILES string of the molecule is CNC1CC(OCc2ccccc2F)C12CCCC2. The van der Waals surface area contributed by atoms with Crippen LogP contribution in [0.15, 0.2) is 24.3 Å². The van der Waals surface area contributed by atoms with Gasteiger partial charge in [0, 0.05) is 17.0 Å². The Bertz CT molecular complexity index is 442. The second-order valence-corrected chi connectivity index (χ2v) is 5.91. The summed E-state index contributed by atoms with van der Waals surface area (Å²) < 4.78 is 19.6. The van der Waals surface area contributed by atoms with Crippen LogP contribution in [0.1, 0.15) is 37.7 Å². The summed E-state index contributed by atoms with van der Waals surface area (Å²) in [6, 6.07) is 7.48. The zero-order valence-electron chi connectivity index (χ0n) is 11.5. The monoisotopic (exact) mass is 263 g/mol. The van der Waals surface area contributed by atoms with Crippen LogP contribution in [0.4, 0.5) is 4.39 Å². The van der Waals surface area contributed by atoms with Crippen LogP contribution in [0.2, 0.25) is 0 Å². The first-order valence-corrected chi connectivity index (χ1v) is 7.28. The Morgan fingerprint density at radius 3 is 2.74 bits per heavy atom. The van der Waals surface area contributed by atoms with Gasteiger partial charge in [-0.1, -0.05) is 31.0 Å². The molecule has 2 nitrogen and oxygen atoms in total. The standard InChI is InChI=1S/C16H22FNO/c1-18-14-10-15(16(14)8-4-5-9-16)19-11-12-6-2-3-7-13(12)17/h2-3,6-7,14-15,18H,4-5,8-11H2,1H3. The number of hydrogen-bond acceptors (Lipinski definition) is 2. The number of benzene rings is 1. The van der Waals surface area contributed by atoms with Crippen LogP contribution in [-0.4, -0.2) is 19.2 Å². The molecule has 1 N–H and O–H groups in total. The Morgan fingerprint density at radius 2 is 2.05 bits per heavy atom. The van der Waals surface area contributed by atoms with E-state index in [9.17, 15) is 4.39 Å². The van der Waals surface area contributed by atoms with Crippen molar-refractivity contribution < 1.29 is 9.13 Å². The molecule has 2 fully saturated rings. The summed E-state index contributed by atoms with van der Waals surface area (Å²) in [6.45, 7) is 0.398. The number of nitrogens with one attached hydrogen (secondary N) is 1. The third kappa shape index (κ3) is 2.19. The van der Waals surface area contributed by atoms with Crippen molar-refractivity contribution in [2.75, 3.05) is 7.05 Å². The van der Waals surface area contributed by atoms with E-state index in [1.165, 1.54) is 31.7 Å². The summed E-state index contributed by atoms with van der Waals surface area (Å²) in [5.74, 6) is -0.160. The third-order valence-corrected chi connectivity index (χ3v) is 5.07. The van der Waals surface area contributed by atoms with E-state index in [0.29, 0.717) is 29.7 Å². The lowest BCUT2D eigenvalue weighted by Gasteiger charge is -2.54. The molecule has 0 bridgehead atoms. The van der Waals surface area contributed by atoms with Crippen molar-refractivity contribution in [3.05, 3.63) is 35.6 Å². The van der Waals surface area contributed by atoms with Crippen molar-refractivity contribution in [3.8, 4) is 0 Å². The van der Waals surface area contributed by atoms with Crippen LogP contribution in [0.25, 0.3) is 0 Å². The number of rotatable bonds is 4. The summed E-state index contributed by atoms with van der Waals surface area (Å²) in [4.78, 5) is 0. The van der Waals surface area contributed by atoms with Crippen LogP contribution in [0, 0.1) is 11.2 Å². The summed E-state index contributed by atoms with van der Waals surface area (Å²) in [6.07, 6.45) is 6.47. The average molecular weight is 263 g/mol. The first kappa shape index (κ1) is 13.1. The molecule has 19 heavy (non-hydrogen) atoms. The van der Waals surface area contributed by atoms with Crippen LogP contribution in [-0.2, 0) is 11.3 Å². The molecule has 0 aromatic heterocycles.